The van der Waals surface area contributed by atoms with Crippen LogP contribution in [0.2, 0.25) is 0 Å². The van der Waals surface area contributed by atoms with E-state index in [-0.39, 0.29) is 11.8 Å². The summed E-state index contributed by atoms with van der Waals surface area (Å²) >= 11 is 0. The summed E-state index contributed by atoms with van der Waals surface area (Å²) in [7, 11) is 0. The number of benzene rings is 1. The van der Waals surface area contributed by atoms with Crippen molar-refractivity contribution in [3.63, 3.8) is 0 Å². The molecule has 3 aromatic rings. The van der Waals surface area contributed by atoms with Crippen LogP contribution in [0.3, 0.4) is 0 Å². The normalized spacial score (nSPS) is 10.9. The van der Waals surface area contributed by atoms with Crippen LogP contribution in [0, 0.1) is 0 Å². The predicted octanol–water partition coefficient (Wildman–Crippen LogP) is 1.97. The van der Waals surface area contributed by atoms with E-state index in [1.807, 2.05) is 0 Å². The first kappa shape index (κ1) is 11.4. The topological polar surface area (TPSA) is 80.4 Å². The van der Waals surface area contributed by atoms with Crippen LogP contribution >= 0.6 is 0 Å². The molecule has 3 rings (SSSR count). The van der Waals surface area contributed by atoms with E-state index in [0.29, 0.717) is 27.5 Å². The number of carboxylic acids is 1. The molecule has 0 aliphatic rings. The molecule has 0 unspecified atom stereocenters. The van der Waals surface area contributed by atoms with Gasteiger partial charge in [0.1, 0.15) is 11.2 Å². The maximum atomic E-state index is 12.3. The highest BCUT2D eigenvalue weighted by atomic mass is 16.4. The number of carboxylic acid groups (broad SMARTS) is 1. The first-order chi connectivity index (χ1) is 9.15. The lowest BCUT2D eigenvalue weighted by Crippen LogP contribution is -2.05. The van der Waals surface area contributed by atoms with Gasteiger partial charge in [0.05, 0.1) is 17.2 Å². The summed E-state index contributed by atoms with van der Waals surface area (Å²) in [5.41, 5.74) is 1.28. The molecular weight excluding hydrogens is 246 g/mol. The predicted molar refractivity (Wildman–Crippen MR) is 69.1 cm³/mol. The Morgan fingerprint density at radius 3 is 2.79 bits per heavy atom. The maximum Gasteiger partial charge on any atom is 0.307 e. The molecule has 0 amide bonds. The number of nitrogens with zero attached hydrogens (tertiary/aromatic N) is 1. The molecular formula is C14H9NO4. The fraction of sp³-hybridized carbons (Fsp3) is 0.0714. The molecule has 2 aromatic heterocycles. The molecule has 0 atom stereocenters. The summed E-state index contributed by atoms with van der Waals surface area (Å²) in [5, 5.41) is 9.53. The second-order valence-corrected chi connectivity index (χ2v) is 4.20. The minimum Gasteiger partial charge on any atom is -0.481 e. The van der Waals surface area contributed by atoms with Gasteiger partial charge in [0.2, 0.25) is 5.43 Å². The third kappa shape index (κ3) is 1.95. The van der Waals surface area contributed by atoms with Crippen molar-refractivity contribution in [1.82, 2.24) is 4.98 Å². The summed E-state index contributed by atoms with van der Waals surface area (Å²) < 4.78 is 5.60. The lowest BCUT2D eigenvalue weighted by molar-refractivity contribution is -0.136. The van der Waals surface area contributed by atoms with E-state index in [2.05, 4.69) is 4.98 Å². The van der Waals surface area contributed by atoms with Crippen LogP contribution < -0.4 is 5.43 Å². The van der Waals surface area contributed by atoms with Gasteiger partial charge in [-0.25, -0.2) is 0 Å². The number of carbonyl (C=O) groups is 1. The average molecular weight is 255 g/mol. The first-order valence-electron chi connectivity index (χ1n) is 5.66. The summed E-state index contributed by atoms with van der Waals surface area (Å²) in [5.74, 6) is -0.939. The Balaban J connectivity index is 2.33. The van der Waals surface area contributed by atoms with Crippen molar-refractivity contribution in [3.8, 4) is 0 Å². The van der Waals surface area contributed by atoms with Crippen LogP contribution in [0.1, 0.15) is 5.56 Å². The highest BCUT2D eigenvalue weighted by Gasteiger charge is 2.09. The van der Waals surface area contributed by atoms with Gasteiger partial charge in [-0.15, -0.1) is 0 Å². The minimum atomic E-state index is -0.939. The Bertz CT molecular complexity index is 851. The zero-order chi connectivity index (χ0) is 13.4. The second kappa shape index (κ2) is 4.20. The molecule has 2 heterocycles. The maximum absolute atomic E-state index is 12.3. The van der Waals surface area contributed by atoms with Crippen molar-refractivity contribution in [3.05, 3.63) is 52.4 Å². The van der Waals surface area contributed by atoms with E-state index in [1.165, 1.54) is 6.20 Å². The Morgan fingerprint density at radius 1 is 1.21 bits per heavy atom. The number of fused-ring (bicyclic) bond motifs is 2. The van der Waals surface area contributed by atoms with Crippen LogP contribution in [0.15, 0.2) is 45.9 Å². The quantitative estimate of drug-likeness (QED) is 0.708. The van der Waals surface area contributed by atoms with Crippen LogP contribution in [0.4, 0.5) is 0 Å². The molecule has 94 valence electrons. The SMILES string of the molecule is O=C(O)Cc1ccc2oc3ccncc3c(=O)c2c1. The third-order valence-electron chi connectivity index (χ3n) is 2.89. The Labute approximate surface area is 107 Å². The fourth-order valence-electron chi connectivity index (χ4n) is 2.03. The third-order valence-corrected chi connectivity index (χ3v) is 2.89. The Hall–Kier alpha value is -2.69. The number of aliphatic carboxylic acids is 1. The molecule has 0 spiro atoms. The van der Waals surface area contributed by atoms with Crippen molar-refractivity contribution in [1.29, 1.82) is 0 Å². The van der Waals surface area contributed by atoms with Crippen molar-refractivity contribution in [2.45, 2.75) is 6.42 Å². The first-order valence-corrected chi connectivity index (χ1v) is 5.66. The molecule has 1 aromatic carbocycles. The van der Waals surface area contributed by atoms with Crippen LogP contribution in [0.5, 0.6) is 0 Å². The molecule has 0 radical (unpaired) electrons. The number of hydrogen-bond donors (Lipinski definition) is 1. The molecule has 0 aliphatic heterocycles. The summed E-state index contributed by atoms with van der Waals surface area (Å²) in [6.07, 6.45) is 2.88. The second-order valence-electron chi connectivity index (χ2n) is 4.20. The summed E-state index contributed by atoms with van der Waals surface area (Å²) in [6.45, 7) is 0. The Morgan fingerprint density at radius 2 is 2.00 bits per heavy atom. The van der Waals surface area contributed by atoms with Gasteiger partial charge in [0, 0.05) is 12.4 Å². The van der Waals surface area contributed by atoms with E-state index < -0.39 is 5.97 Å². The molecule has 5 heteroatoms. The van der Waals surface area contributed by atoms with Crippen molar-refractivity contribution >= 4 is 27.9 Å². The molecule has 19 heavy (non-hydrogen) atoms. The minimum absolute atomic E-state index is 0.125. The number of hydrogen-bond acceptors (Lipinski definition) is 4. The van der Waals surface area contributed by atoms with Gasteiger partial charge in [0.15, 0.2) is 0 Å². The van der Waals surface area contributed by atoms with Gasteiger partial charge < -0.3 is 9.52 Å². The highest BCUT2D eigenvalue weighted by Crippen LogP contribution is 2.19. The highest BCUT2D eigenvalue weighted by molar-refractivity contribution is 5.89. The van der Waals surface area contributed by atoms with Crippen molar-refractivity contribution in [2.24, 2.45) is 0 Å². The van der Waals surface area contributed by atoms with Crippen molar-refractivity contribution in [2.75, 3.05) is 0 Å². The van der Waals surface area contributed by atoms with E-state index >= 15 is 0 Å². The Kier molecular flexibility index (Phi) is 2.52. The van der Waals surface area contributed by atoms with E-state index in [0.717, 1.165) is 0 Å². The van der Waals surface area contributed by atoms with Crippen LogP contribution in [-0.2, 0) is 11.2 Å². The van der Waals surface area contributed by atoms with Gasteiger partial charge >= 0.3 is 5.97 Å². The molecule has 0 saturated heterocycles. The summed E-state index contributed by atoms with van der Waals surface area (Å²) in [6, 6.07) is 6.45. The van der Waals surface area contributed by atoms with Gasteiger partial charge in [-0.05, 0) is 23.8 Å². The van der Waals surface area contributed by atoms with Gasteiger partial charge in [-0.2, -0.15) is 0 Å². The zero-order valence-corrected chi connectivity index (χ0v) is 9.79. The molecule has 0 fully saturated rings. The number of pyridine rings is 1. The lowest BCUT2D eigenvalue weighted by atomic mass is 10.1. The molecule has 0 aliphatic carbocycles. The monoisotopic (exact) mass is 255 g/mol. The average Bonchev–Trinajstić information content (AvgIpc) is 2.39. The van der Waals surface area contributed by atoms with Gasteiger partial charge in [-0.3, -0.25) is 14.6 Å². The standard InChI is InChI=1S/C14H9NO4/c16-13(17)6-8-1-2-11-9(5-8)14(18)10-7-15-4-3-12(10)19-11/h1-5,7H,6H2,(H,16,17). The van der Waals surface area contributed by atoms with Gasteiger partial charge in [-0.1, -0.05) is 6.07 Å². The van der Waals surface area contributed by atoms with Gasteiger partial charge in [0.25, 0.3) is 0 Å². The van der Waals surface area contributed by atoms with E-state index in [1.54, 1.807) is 30.5 Å². The van der Waals surface area contributed by atoms with E-state index in [4.69, 9.17) is 9.52 Å². The van der Waals surface area contributed by atoms with Crippen LogP contribution in [-0.4, -0.2) is 16.1 Å². The van der Waals surface area contributed by atoms with E-state index in [9.17, 15) is 9.59 Å². The summed E-state index contributed by atoms with van der Waals surface area (Å²) in [4.78, 5) is 26.9. The van der Waals surface area contributed by atoms with Crippen molar-refractivity contribution < 1.29 is 14.3 Å². The zero-order valence-electron chi connectivity index (χ0n) is 9.79. The lowest BCUT2D eigenvalue weighted by Gasteiger charge is -2.02. The van der Waals surface area contributed by atoms with Crippen LogP contribution in [0.25, 0.3) is 21.9 Å². The largest absolute Gasteiger partial charge is 0.481 e. The molecule has 0 saturated carbocycles. The number of aromatic nitrogens is 1. The molecule has 1 N–H and O–H groups in total. The smallest absolute Gasteiger partial charge is 0.307 e. The molecule has 0 bridgehead atoms. The molecule has 5 nitrogen and oxygen atoms in total. The number of rotatable bonds is 2. The fourth-order valence-corrected chi connectivity index (χ4v) is 2.03.